The zero-order chi connectivity index (χ0) is 12.1. The highest BCUT2D eigenvalue weighted by molar-refractivity contribution is 4.96. The second-order valence-electron chi connectivity index (χ2n) is 3.41. The van der Waals surface area contributed by atoms with E-state index < -0.39 is 37.1 Å². The summed E-state index contributed by atoms with van der Waals surface area (Å²) in [5.74, 6) is 0. The van der Waals surface area contributed by atoms with Gasteiger partial charge >= 0.3 is 0 Å². The van der Waals surface area contributed by atoms with Crippen LogP contribution in [0, 0.1) is 0 Å². The van der Waals surface area contributed by atoms with Crippen molar-refractivity contribution in [2.75, 3.05) is 19.8 Å². The van der Waals surface area contributed by atoms with Crippen LogP contribution in [-0.2, 0) is 0 Å². The maximum atomic E-state index is 9.84. The van der Waals surface area contributed by atoms with Crippen molar-refractivity contribution >= 4 is 0 Å². The predicted octanol–water partition coefficient (Wildman–Crippen LogP) is -3.87. The molecule has 0 radical (unpaired) electrons. The van der Waals surface area contributed by atoms with Gasteiger partial charge in [0.2, 0.25) is 0 Å². The van der Waals surface area contributed by atoms with Crippen LogP contribution < -0.4 is 5.73 Å². The molecular weight excluding hydrogens is 206 g/mol. The monoisotopic (exact) mass is 225 g/mol. The maximum Gasteiger partial charge on any atom is 0.122 e. The summed E-state index contributed by atoms with van der Waals surface area (Å²) in [6.07, 6.45) is -5.25. The molecule has 0 saturated carbocycles. The molecule has 0 aromatic carbocycles. The summed E-state index contributed by atoms with van der Waals surface area (Å²) >= 11 is 0. The van der Waals surface area contributed by atoms with Gasteiger partial charge in [-0.05, 0) is 0 Å². The Hall–Kier alpha value is -0.280. The zero-order valence-corrected chi connectivity index (χ0v) is 8.32. The van der Waals surface area contributed by atoms with Gasteiger partial charge in [-0.15, -0.1) is 0 Å². The fraction of sp³-hybridized carbons (Fsp3) is 1.00. The first-order chi connectivity index (χ1) is 6.93. The number of aliphatic hydroxyl groups is 6. The minimum Gasteiger partial charge on any atom is -0.396 e. The van der Waals surface area contributed by atoms with Crippen molar-refractivity contribution in [2.45, 2.75) is 30.3 Å². The summed E-state index contributed by atoms with van der Waals surface area (Å²) in [7, 11) is 0. The van der Waals surface area contributed by atoms with Gasteiger partial charge in [0.25, 0.3) is 0 Å². The molecule has 0 aromatic rings. The van der Waals surface area contributed by atoms with Crippen molar-refractivity contribution in [1.82, 2.24) is 0 Å². The van der Waals surface area contributed by atoms with Gasteiger partial charge in [-0.25, -0.2) is 0 Å². The third-order valence-electron chi connectivity index (χ3n) is 2.38. The van der Waals surface area contributed by atoms with E-state index in [4.69, 9.17) is 21.1 Å². The van der Waals surface area contributed by atoms with Gasteiger partial charge in [0, 0.05) is 19.6 Å². The summed E-state index contributed by atoms with van der Waals surface area (Å²) in [5, 5.41) is 55.1. The van der Waals surface area contributed by atoms with Crippen LogP contribution in [0.3, 0.4) is 0 Å². The molecule has 0 aliphatic carbocycles. The molecule has 0 aliphatic heterocycles. The number of nitrogens with two attached hydrogens (primary N) is 1. The molecule has 8 N–H and O–H groups in total. The van der Waals surface area contributed by atoms with E-state index >= 15 is 0 Å². The molecule has 0 amide bonds. The number of hydrogen-bond donors (Lipinski definition) is 7. The highest BCUT2D eigenvalue weighted by Crippen LogP contribution is 2.22. The minimum absolute atomic E-state index is 0.342. The Morgan fingerprint density at radius 1 is 1.13 bits per heavy atom. The fourth-order valence-electron chi connectivity index (χ4n) is 1.33. The Bertz CT molecular complexity index is 181. The van der Waals surface area contributed by atoms with Gasteiger partial charge in [0.05, 0.1) is 12.7 Å². The van der Waals surface area contributed by atoms with E-state index in [0.717, 1.165) is 0 Å². The first-order valence-corrected chi connectivity index (χ1v) is 4.62. The Kier molecular flexibility index (Phi) is 6.22. The van der Waals surface area contributed by atoms with Gasteiger partial charge in [0.1, 0.15) is 17.8 Å². The lowest BCUT2D eigenvalue weighted by atomic mass is 9.84. The topological polar surface area (TPSA) is 147 Å². The van der Waals surface area contributed by atoms with E-state index in [9.17, 15) is 15.3 Å². The van der Waals surface area contributed by atoms with Crippen LogP contribution in [0.2, 0.25) is 0 Å². The molecule has 0 saturated heterocycles. The standard InChI is InChI=1S/C8H19NO6/c9-3-6(13)8(15,1-2-10)7(14)5(12)4-11/h5-7,10-15H,1-4,9H2/t5-,6+,7-,8-/m1/s1. The molecule has 4 atom stereocenters. The summed E-state index contributed by atoms with van der Waals surface area (Å²) < 4.78 is 0. The summed E-state index contributed by atoms with van der Waals surface area (Å²) in [6, 6.07) is 0. The molecule has 0 spiro atoms. The normalized spacial score (nSPS) is 21.8. The average Bonchev–Trinajstić information content (AvgIpc) is 2.25. The highest BCUT2D eigenvalue weighted by atomic mass is 16.4. The van der Waals surface area contributed by atoms with Crippen LogP contribution in [0.1, 0.15) is 6.42 Å². The maximum absolute atomic E-state index is 9.84. The summed E-state index contributed by atoms with van der Waals surface area (Å²) in [5.41, 5.74) is 2.99. The number of aliphatic hydroxyl groups excluding tert-OH is 5. The van der Waals surface area contributed by atoms with E-state index in [1.54, 1.807) is 0 Å². The van der Waals surface area contributed by atoms with Crippen molar-refractivity contribution in [3.8, 4) is 0 Å². The first kappa shape index (κ1) is 14.7. The molecule has 15 heavy (non-hydrogen) atoms. The SMILES string of the molecule is NC[C@H](O)[C@](O)(CCO)[C@H](O)[C@H](O)CO. The molecule has 0 fully saturated rings. The van der Waals surface area contributed by atoms with E-state index in [1.807, 2.05) is 0 Å². The second-order valence-corrected chi connectivity index (χ2v) is 3.41. The van der Waals surface area contributed by atoms with Crippen LogP contribution in [-0.4, -0.2) is 74.3 Å². The van der Waals surface area contributed by atoms with Crippen molar-refractivity contribution in [3.63, 3.8) is 0 Å². The minimum atomic E-state index is -2.13. The number of hydrogen-bond acceptors (Lipinski definition) is 7. The molecule has 0 aromatic heterocycles. The molecule has 7 heteroatoms. The van der Waals surface area contributed by atoms with Crippen molar-refractivity contribution in [3.05, 3.63) is 0 Å². The molecule has 0 unspecified atom stereocenters. The molecule has 7 nitrogen and oxygen atoms in total. The zero-order valence-electron chi connectivity index (χ0n) is 8.32. The third kappa shape index (κ3) is 3.35. The summed E-state index contributed by atoms with van der Waals surface area (Å²) in [6.45, 7) is -1.61. The lowest BCUT2D eigenvalue weighted by Crippen LogP contribution is -2.59. The Labute approximate surface area is 87.4 Å². The van der Waals surface area contributed by atoms with Gasteiger partial charge in [-0.1, -0.05) is 0 Å². The molecule has 0 rings (SSSR count). The predicted molar refractivity (Wildman–Crippen MR) is 50.8 cm³/mol. The third-order valence-corrected chi connectivity index (χ3v) is 2.38. The molecule has 92 valence electrons. The van der Waals surface area contributed by atoms with Gasteiger partial charge in [-0.2, -0.15) is 0 Å². The largest absolute Gasteiger partial charge is 0.396 e. The first-order valence-electron chi connectivity index (χ1n) is 4.62. The van der Waals surface area contributed by atoms with E-state index in [-0.39, 0.29) is 13.0 Å². The van der Waals surface area contributed by atoms with E-state index in [2.05, 4.69) is 0 Å². The summed E-state index contributed by atoms with van der Waals surface area (Å²) in [4.78, 5) is 0. The van der Waals surface area contributed by atoms with Crippen LogP contribution in [0.25, 0.3) is 0 Å². The Morgan fingerprint density at radius 2 is 1.67 bits per heavy atom. The second kappa shape index (κ2) is 6.33. The van der Waals surface area contributed by atoms with E-state index in [1.165, 1.54) is 0 Å². The highest BCUT2D eigenvalue weighted by Gasteiger charge is 2.44. The van der Waals surface area contributed by atoms with Crippen molar-refractivity contribution < 1.29 is 30.6 Å². The average molecular weight is 225 g/mol. The van der Waals surface area contributed by atoms with Crippen molar-refractivity contribution in [2.24, 2.45) is 5.73 Å². The van der Waals surface area contributed by atoms with Crippen molar-refractivity contribution in [1.29, 1.82) is 0 Å². The lowest BCUT2D eigenvalue weighted by Gasteiger charge is -2.37. The fourth-order valence-corrected chi connectivity index (χ4v) is 1.33. The number of rotatable bonds is 7. The van der Waals surface area contributed by atoms with E-state index in [0.29, 0.717) is 0 Å². The van der Waals surface area contributed by atoms with Crippen LogP contribution in [0.5, 0.6) is 0 Å². The Morgan fingerprint density at radius 3 is 2.00 bits per heavy atom. The molecule has 0 bridgehead atoms. The Balaban J connectivity index is 4.75. The van der Waals surface area contributed by atoms with Crippen LogP contribution in [0.15, 0.2) is 0 Å². The smallest absolute Gasteiger partial charge is 0.122 e. The molecular formula is C8H19NO6. The van der Waals surface area contributed by atoms with Crippen LogP contribution >= 0.6 is 0 Å². The van der Waals surface area contributed by atoms with Gasteiger partial charge in [0.15, 0.2) is 0 Å². The molecule has 0 heterocycles. The van der Waals surface area contributed by atoms with Gasteiger partial charge in [-0.3, -0.25) is 0 Å². The molecule has 0 aliphatic rings. The quantitative estimate of drug-likeness (QED) is 0.234. The lowest BCUT2D eigenvalue weighted by molar-refractivity contribution is -0.186. The van der Waals surface area contributed by atoms with Crippen LogP contribution in [0.4, 0.5) is 0 Å². The van der Waals surface area contributed by atoms with Gasteiger partial charge < -0.3 is 36.4 Å².